The molecule has 0 saturated carbocycles. The molecule has 0 radical (unpaired) electrons. The topological polar surface area (TPSA) is 59.4 Å². The first-order chi connectivity index (χ1) is 8.70. The van der Waals surface area contributed by atoms with E-state index in [2.05, 4.69) is 0 Å². The molecular weight excluding hydrogens is 228 g/mol. The average molecular weight is 245 g/mol. The van der Waals surface area contributed by atoms with Crippen molar-refractivity contribution in [3.8, 4) is 11.5 Å². The number of aromatic hydroxyl groups is 1. The number of nitrogens with zero attached hydrogens (tertiary/aromatic N) is 1. The Labute approximate surface area is 106 Å². The minimum atomic E-state index is 0.115. The first-order valence-corrected chi connectivity index (χ1v) is 5.79. The normalized spacial score (nSPS) is 10.3. The zero-order valence-electron chi connectivity index (χ0n) is 10.3. The smallest absolute Gasteiger partial charge is 0.226 e. The summed E-state index contributed by atoms with van der Waals surface area (Å²) in [5.74, 6) is 0.572. The van der Waals surface area contributed by atoms with Crippen molar-refractivity contribution in [2.75, 3.05) is 0 Å². The van der Waals surface area contributed by atoms with Gasteiger partial charge in [-0.3, -0.25) is 0 Å². The van der Waals surface area contributed by atoms with Crippen LogP contribution in [0.1, 0.15) is 11.3 Å². The van der Waals surface area contributed by atoms with Gasteiger partial charge in [-0.1, -0.05) is 30.3 Å². The second-order valence-electron chi connectivity index (χ2n) is 4.10. The molecule has 1 aromatic carbocycles. The number of benzene rings is 1. The van der Waals surface area contributed by atoms with Crippen LogP contribution >= 0.6 is 0 Å². The highest BCUT2D eigenvalue weighted by molar-refractivity contribution is 5.35. The third kappa shape index (κ3) is 2.78. The fraction of sp³-hybridized carbons (Fsp3) is 0.214. The molecule has 3 N–H and O–H groups in total. The lowest BCUT2D eigenvalue weighted by Crippen LogP contribution is -2.34. The van der Waals surface area contributed by atoms with E-state index in [0.29, 0.717) is 18.9 Å². The maximum Gasteiger partial charge on any atom is 0.226 e. The summed E-state index contributed by atoms with van der Waals surface area (Å²) in [6.07, 6.45) is 1.74. The monoisotopic (exact) mass is 245 g/mol. The van der Waals surface area contributed by atoms with Crippen molar-refractivity contribution >= 4 is 0 Å². The van der Waals surface area contributed by atoms with E-state index in [1.165, 1.54) is 0 Å². The van der Waals surface area contributed by atoms with E-state index >= 15 is 0 Å². The SMILES string of the molecule is C[n+]1cc(OCc2ccccc2)c(O)cc1CN. The molecule has 0 saturated heterocycles. The molecule has 0 unspecified atom stereocenters. The Balaban J connectivity index is 2.13. The molecule has 1 heterocycles. The summed E-state index contributed by atoms with van der Waals surface area (Å²) in [5.41, 5.74) is 7.47. The van der Waals surface area contributed by atoms with Crippen molar-refractivity contribution in [1.82, 2.24) is 0 Å². The third-order valence-electron chi connectivity index (χ3n) is 2.77. The van der Waals surface area contributed by atoms with Gasteiger partial charge >= 0.3 is 0 Å². The van der Waals surface area contributed by atoms with Crippen LogP contribution in [-0.4, -0.2) is 5.11 Å². The van der Waals surface area contributed by atoms with Gasteiger partial charge in [0.05, 0.1) is 12.6 Å². The highest BCUT2D eigenvalue weighted by Gasteiger charge is 2.13. The highest BCUT2D eigenvalue weighted by Crippen LogP contribution is 2.24. The molecule has 2 rings (SSSR count). The first kappa shape index (κ1) is 12.4. The maximum absolute atomic E-state index is 9.83. The van der Waals surface area contributed by atoms with Crippen LogP contribution in [0.2, 0.25) is 0 Å². The minimum absolute atomic E-state index is 0.115. The molecule has 1 aromatic heterocycles. The summed E-state index contributed by atoms with van der Waals surface area (Å²) in [6.45, 7) is 0.805. The Kier molecular flexibility index (Phi) is 3.79. The molecule has 0 aliphatic carbocycles. The van der Waals surface area contributed by atoms with Crippen molar-refractivity contribution in [3.05, 3.63) is 53.9 Å². The van der Waals surface area contributed by atoms with Crippen LogP contribution in [0, 0.1) is 0 Å². The summed E-state index contributed by atoms with van der Waals surface area (Å²) < 4.78 is 7.44. The van der Waals surface area contributed by atoms with Crippen LogP contribution in [0.15, 0.2) is 42.6 Å². The van der Waals surface area contributed by atoms with Gasteiger partial charge in [0.25, 0.3) is 0 Å². The number of hydrogen-bond donors (Lipinski definition) is 2. The van der Waals surface area contributed by atoms with Gasteiger partial charge in [0.2, 0.25) is 11.9 Å². The number of ether oxygens (including phenoxy) is 1. The van der Waals surface area contributed by atoms with E-state index in [1.54, 1.807) is 12.3 Å². The van der Waals surface area contributed by atoms with Gasteiger partial charge in [0, 0.05) is 0 Å². The Hall–Kier alpha value is -2.07. The lowest BCUT2D eigenvalue weighted by molar-refractivity contribution is -0.679. The third-order valence-corrected chi connectivity index (χ3v) is 2.77. The van der Waals surface area contributed by atoms with Crippen LogP contribution < -0.4 is 15.0 Å². The molecule has 2 aromatic rings. The standard InChI is InChI=1S/C14H16N2O2/c1-16-9-14(13(17)7-12(16)8-15)18-10-11-5-3-2-4-6-11/h2-7,9H,8,10,15H2,1H3/p+1. The summed E-state index contributed by atoms with van der Waals surface area (Å²) in [6, 6.07) is 11.4. The zero-order chi connectivity index (χ0) is 13.0. The van der Waals surface area contributed by atoms with E-state index in [-0.39, 0.29) is 5.75 Å². The lowest BCUT2D eigenvalue weighted by atomic mass is 10.2. The molecule has 0 aliphatic heterocycles. The molecule has 0 atom stereocenters. The summed E-state index contributed by atoms with van der Waals surface area (Å²) in [4.78, 5) is 0. The summed E-state index contributed by atoms with van der Waals surface area (Å²) in [5, 5.41) is 9.83. The molecule has 0 spiro atoms. The molecule has 4 nitrogen and oxygen atoms in total. The van der Waals surface area contributed by atoms with Crippen molar-refractivity contribution in [1.29, 1.82) is 0 Å². The van der Waals surface area contributed by atoms with Crippen molar-refractivity contribution in [2.45, 2.75) is 13.2 Å². The van der Waals surface area contributed by atoms with Crippen molar-refractivity contribution < 1.29 is 14.4 Å². The van der Waals surface area contributed by atoms with Crippen LogP contribution in [0.3, 0.4) is 0 Å². The number of rotatable bonds is 4. The van der Waals surface area contributed by atoms with Gasteiger partial charge in [-0.25, -0.2) is 4.57 Å². The fourth-order valence-electron chi connectivity index (χ4n) is 1.71. The van der Waals surface area contributed by atoms with Gasteiger partial charge in [-0.05, 0) is 5.56 Å². The Morgan fingerprint density at radius 3 is 2.67 bits per heavy atom. The number of pyridine rings is 1. The van der Waals surface area contributed by atoms with Crippen LogP contribution in [0.5, 0.6) is 11.5 Å². The predicted molar refractivity (Wildman–Crippen MR) is 67.9 cm³/mol. The van der Waals surface area contributed by atoms with Crippen LogP contribution in [-0.2, 0) is 20.2 Å². The largest absolute Gasteiger partial charge is 0.504 e. The first-order valence-electron chi connectivity index (χ1n) is 5.79. The Morgan fingerprint density at radius 2 is 2.00 bits per heavy atom. The van der Waals surface area contributed by atoms with Crippen molar-refractivity contribution in [2.24, 2.45) is 12.8 Å². The zero-order valence-corrected chi connectivity index (χ0v) is 10.3. The number of nitrogens with two attached hydrogens (primary N) is 1. The fourth-order valence-corrected chi connectivity index (χ4v) is 1.71. The summed E-state index contributed by atoms with van der Waals surface area (Å²) >= 11 is 0. The average Bonchev–Trinajstić information content (AvgIpc) is 2.40. The minimum Gasteiger partial charge on any atom is -0.504 e. The molecule has 0 amide bonds. The van der Waals surface area contributed by atoms with Gasteiger partial charge in [0.1, 0.15) is 13.7 Å². The highest BCUT2D eigenvalue weighted by atomic mass is 16.5. The lowest BCUT2D eigenvalue weighted by Gasteiger charge is -2.07. The second-order valence-corrected chi connectivity index (χ2v) is 4.10. The molecule has 18 heavy (non-hydrogen) atoms. The van der Waals surface area contributed by atoms with E-state index in [1.807, 2.05) is 41.9 Å². The van der Waals surface area contributed by atoms with Gasteiger partial charge in [0.15, 0.2) is 11.4 Å². The number of hydrogen-bond acceptors (Lipinski definition) is 3. The second kappa shape index (κ2) is 5.51. The Bertz CT molecular complexity index is 527. The Morgan fingerprint density at radius 1 is 1.28 bits per heavy atom. The number of aryl methyl sites for hydroxylation is 1. The molecular formula is C14H17N2O2+. The van der Waals surface area contributed by atoms with Crippen molar-refractivity contribution in [3.63, 3.8) is 0 Å². The number of aromatic nitrogens is 1. The molecule has 0 aliphatic rings. The van der Waals surface area contributed by atoms with E-state index in [4.69, 9.17) is 10.5 Å². The van der Waals surface area contributed by atoms with Gasteiger partial charge in [-0.15, -0.1) is 0 Å². The van der Waals surface area contributed by atoms with E-state index in [0.717, 1.165) is 11.3 Å². The quantitative estimate of drug-likeness (QED) is 0.797. The predicted octanol–water partition coefficient (Wildman–Crippen LogP) is 1.25. The molecule has 0 bridgehead atoms. The van der Waals surface area contributed by atoms with Crippen LogP contribution in [0.4, 0.5) is 0 Å². The summed E-state index contributed by atoms with van der Waals surface area (Å²) in [7, 11) is 1.87. The maximum atomic E-state index is 9.83. The van der Waals surface area contributed by atoms with E-state index < -0.39 is 0 Å². The van der Waals surface area contributed by atoms with E-state index in [9.17, 15) is 5.11 Å². The van der Waals surface area contributed by atoms with Gasteiger partial charge < -0.3 is 15.6 Å². The van der Waals surface area contributed by atoms with Crippen LogP contribution in [0.25, 0.3) is 0 Å². The molecule has 0 fully saturated rings. The van der Waals surface area contributed by atoms with Gasteiger partial charge in [-0.2, -0.15) is 0 Å². The molecule has 94 valence electrons. The molecule has 4 heteroatoms.